The van der Waals surface area contributed by atoms with Crippen molar-refractivity contribution in [3.63, 3.8) is 0 Å². The topological polar surface area (TPSA) is 159 Å². The van der Waals surface area contributed by atoms with Crippen molar-refractivity contribution >= 4 is 28.8 Å². The summed E-state index contributed by atoms with van der Waals surface area (Å²) in [5.74, 6) is 5.56. The zero-order chi connectivity index (χ0) is 21.0. The van der Waals surface area contributed by atoms with Gasteiger partial charge in [0.15, 0.2) is 0 Å². The highest BCUT2D eigenvalue weighted by Gasteiger charge is 2.17. The molecule has 29 heavy (non-hydrogen) atoms. The van der Waals surface area contributed by atoms with Crippen molar-refractivity contribution in [2.45, 2.75) is 26.0 Å². The van der Waals surface area contributed by atoms with Crippen LogP contribution in [-0.4, -0.2) is 32.0 Å². The summed E-state index contributed by atoms with van der Waals surface area (Å²) in [7, 11) is 0. The lowest BCUT2D eigenvalue weighted by atomic mass is 10.0. The zero-order valence-corrected chi connectivity index (χ0v) is 16.0. The Morgan fingerprint density at radius 2 is 1.97 bits per heavy atom. The van der Waals surface area contributed by atoms with Gasteiger partial charge in [-0.05, 0) is 32.0 Å². The highest BCUT2D eigenvalue weighted by molar-refractivity contribution is 6.40. The lowest BCUT2D eigenvalue weighted by Gasteiger charge is -2.16. The van der Waals surface area contributed by atoms with Crippen LogP contribution in [0.2, 0.25) is 0 Å². The molecule has 146 valence electrons. The average Bonchev–Trinajstić information content (AvgIpc) is 2.70. The third-order valence-corrected chi connectivity index (χ3v) is 4.15. The van der Waals surface area contributed by atoms with Gasteiger partial charge in [0, 0.05) is 5.39 Å². The predicted molar refractivity (Wildman–Crippen MR) is 111 cm³/mol. The number of hydrogen-bond acceptors (Lipinski definition) is 9. The van der Waals surface area contributed by atoms with E-state index < -0.39 is 5.60 Å². The van der Waals surface area contributed by atoms with Crippen molar-refractivity contribution in [3.05, 3.63) is 59.0 Å². The number of benzene rings is 1. The molecule has 0 radical (unpaired) electrons. The van der Waals surface area contributed by atoms with Gasteiger partial charge in [0.2, 0.25) is 5.95 Å². The van der Waals surface area contributed by atoms with Crippen molar-refractivity contribution < 1.29 is 5.11 Å². The molecule has 0 spiro atoms. The molecule has 2 heterocycles. The Bertz CT molecular complexity index is 1160. The molecule has 1 aromatic carbocycles. The Labute approximate surface area is 167 Å². The Morgan fingerprint density at radius 1 is 1.21 bits per heavy atom. The van der Waals surface area contributed by atoms with Crippen molar-refractivity contribution in [2.75, 3.05) is 5.73 Å². The van der Waals surface area contributed by atoms with Gasteiger partial charge in [0.1, 0.15) is 23.1 Å². The second-order valence-corrected chi connectivity index (χ2v) is 6.80. The van der Waals surface area contributed by atoms with E-state index in [1.54, 1.807) is 38.1 Å². The van der Waals surface area contributed by atoms with Crippen LogP contribution in [-0.2, 0) is 12.1 Å². The minimum Gasteiger partial charge on any atom is -0.384 e. The molecule has 2 aromatic heterocycles. The molecule has 0 fully saturated rings. The highest BCUT2D eigenvalue weighted by atomic mass is 16.3. The normalized spacial score (nSPS) is 12.4. The van der Waals surface area contributed by atoms with Gasteiger partial charge in [0.05, 0.1) is 35.2 Å². The molecular weight excluding hydrogens is 368 g/mol. The number of rotatable bonds is 5. The van der Waals surface area contributed by atoms with Gasteiger partial charge in [-0.3, -0.25) is 9.98 Å². The van der Waals surface area contributed by atoms with E-state index in [0.29, 0.717) is 33.5 Å². The number of anilines is 1. The van der Waals surface area contributed by atoms with Crippen LogP contribution in [0.25, 0.3) is 10.9 Å². The van der Waals surface area contributed by atoms with Crippen LogP contribution in [0, 0.1) is 11.3 Å². The number of nitrogen functional groups attached to an aromatic ring is 1. The maximum absolute atomic E-state index is 10.1. The van der Waals surface area contributed by atoms with Gasteiger partial charge < -0.3 is 16.7 Å². The Morgan fingerprint density at radius 3 is 2.66 bits per heavy atom. The van der Waals surface area contributed by atoms with Gasteiger partial charge in [-0.25, -0.2) is 9.97 Å². The molecule has 0 aliphatic heterocycles. The number of para-hydroxylation sites is 1. The number of aromatic nitrogens is 3. The van der Waals surface area contributed by atoms with Crippen LogP contribution in [0.3, 0.4) is 0 Å². The van der Waals surface area contributed by atoms with E-state index in [9.17, 15) is 10.4 Å². The third kappa shape index (κ3) is 4.34. The molecule has 0 aliphatic carbocycles. The number of hydrogen-bond donors (Lipinski definition) is 3. The molecular formula is C20H20N8O. The minimum absolute atomic E-state index is 0.00398. The quantitative estimate of drug-likeness (QED) is 0.340. The van der Waals surface area contributed by atoms with Gasteiger partial charge in [0.25, 0.3) is 0 Å². The molecule has 0 atom stereocenters. The number of hydrazone groups is 1. The van der Waals surface area contributed by atoms with Crippen LogP contribution in [0.5, 0.6) is 0 Å². The van der Waals surface area contributed by atoms with E-state index in [1.165, 1.54) is 6.21 Å². The molecule has 0 saturated heterocycles. The van der Waals surface area contributed by atoms with E-state index in [4.69, 9.17) is 11.6 Å². The first kappa shape index (κ1) is 19.9. The number of nitriles is 1. The van der Waals surface area contributed by atoms with Gasteiger partial charge >= 0.3 is 0 Å². The first-order valence-electron chi connectivity index (χ1n) is 8.76. The van der Waals surface area contributed by atoms with Crippen molar-refractivity contribution in [1.29, 1.82) is 5.26 Å². The van der Waals surface area contributed by atoms with Gasteiger partial charge in [-0.2, -0.15) is 10.4 Å². The number of aliphatic hydroxyl groups is 1. The lowest BCUT2D eigenvalue weighted by molar-refractivity contribution is 0.0736. The Kier molecular flexibility index (Phi) is 5.47. The van der Waals surface area contributed by atoms with E-state index in [0.717, 1.165) is 0 Å². The standard InChI is InChI=1S/C20H20N8O/c1-20(2,29)16-8-4-6-13(25-16)10-24-11-15(28-23)18-14-7-3-5-12(9-21)17(14)26-19(22)27-18/h3-8,11,29H,10,23H2,1-2H3,(H2,22,26,27). The molecule has 9 heteroatoms. The van der Waals surface area contributed by atoms with Crippen LogP contribution in [0.1, 0.15) is 36.5 Å². The van der Waals surface area contributed by atoms with Gasteiger partial charge in [-0.1, -0.05) is 18.2 Å². The number of fused-ring (bicyclic) bond motifs is 1. The maximum atomic E-state index is 10.1. The molecule has 3 aromatic rings. The molecule has 0 unspecified atom stereocenters. The smallest absolute Gasteiger partial charge is 0.221 e. The Hall–Kier alpha value is -3.90. The first-order chi connectivity index (χ1) is 13.8. The van der Waals surface area contributed by atoms with Crippen molar-refractivity contribution in [1.82, 2.24) is 15.0 Å². The number of nitrogens with two attached hydrogens (primary N) is 2. The lowest BCUT2D eigenvalue weighted by Crippen LogP contribution is -2.18. The summed E-state index contributed by atoms with van der Waals surface area (Å²) in [4.78, 5) is 17.1. The van der Waals surface area contributed by atoms with E-state index in [1.807, 2.05) is 12.1 Å². The van der Waals surface area contributed by atoms with E-state index >= 15 is 0 Å². The predicted octanol–water partition coefficient (Wildman–Crippen LogP) is 1.64. The van der Waals surface area contributed by atoms with Crippen LogP contribution < -0.4 is 11.6 Å². The molecule has 9 nitrogen and oxygen atoms in total. The summed E-state index contributed by atoms with van der Waals surface area (Å²) >= 11 is 0. The number of aliphatic imine (C=N–C) groups is 1. The fourth-order valence-corrected chi connectivity index (χ4v) is 2.74. The fraction of sp³-hybridized carbons (Fsp3) is 0.200. The van der Waals surface area contributed by atoms with Gasteiger partial charge in [-0.15, -0.1) is 0 Å². The molecule has 3 rings (SSSR count). The highest BCUT2D eigenvalue weighted by Crippen LogP contribution is 2.21. The monoisotopic (exact) mass is 388 g/mol. The average molecular weight is 388 g/mol. The van der Waals surface area contributed by atoms with E-state index in [2.05, 4.69) is 31.1 Å². The van der Waals surface area contributed by atoms with Crippen LogP contribution >= 0.6 is 0 Å². The summed E-state index contributed by atoms with van der Waals surface area (Å²) in [5.41, 5.74) is 7.47. The number of nitrogens with zero attached hydrogens (tertiary/aromatic N) is 6. The maximum Gasteiger partial charge on any atom is 0.221 e. The third-order valence-electron chi connectivity index (χ3n) is 4.15. The summed E-state index contributed by atoms with van der Waals surface area (Å²) in [5, 5.41) is 23.8. The Balaban J connectivity index is 1.93. The first-order valence-corrected chi connectivity index (χ1v) is 8.76. The summed E-state index contributed by atoms with van der Waals surface area (Å²) in [6, 6.07) is 12.6. The SMILES string of the molecule is CC(C)(O)c1cccc(CN=CC(=NN)c2nc(N)nc3c(C#N)cccc23)n1. The van der Waals surface area contributed by atoms with Crippen LogP contribution in [0.4, 0.5) is 5.95 Å². The van der Waals surface area contributed by atoms with Crippen LogP contribution in [0.15, 0.2) is 46.5 Å². The molecule has 0 bridgehead atoms. The van der Waals surface area contributed by atoms with E-state index in [-0.39, 0.29) is 18.2 Å². The number of pyridine rings is 1. The summed E-state index contributed by atoms with van der Waals surface area (Å²) in [6.45, 7) is 3.59. The fourth-order valence-electron chi connectivity index (χ4n) is 2.74. The minimum atomic E-state index is -1.04. The summed E-state index contributed by atoms with van der Waals surface area (Å²) in [6.07, 6.45) is 1.47. The largest absolute Gasteiger partial charge is 0.384 e. The second-order valence-electron chi connectivity index (χ2n) is 6.80. The summed E-state index contributed by atoms with van der Waals surface area (Å²) < 4.78 is 0. The van der Waals surface area contributed by atoms with Crippen molar-refractivity contribution in [2.24, 2.45) is 15.9 Å². The zero-order valence-electron chi connectivity index (χ0n) is 16.0. The molecule has 0 aliphatic rings. The van der Waals surface area contributed by atoms with Crippen molar-refractivity contribution in [3.8, 4) is 6.07 Å². The second kappa shape index (κ2) is 8.00. The molecule has 0 saturated carbocycles. The molecule has 0 amide bonds. The molecule has 5 N–H and O–H groups in total.